The van der Waals surface area contributed by atoms with Crippen LogP contribution in [0, 0.1) is 0 Å². The van der Waals surface area contributed by atoms with Gasteiger partial charge in [0.1, 0.15) is 11.5 Å². The minimum Gasteiger partial charge on any atom is -0.364 e. The molecule has 1 aliphatic rings. The third-order valence-electron chi connectivity index (χ3n) is 2.93. The van der Waals surface area contributed by atoms with E-state index in [2.05, 4.69) is 15.2 Å². The second-order valence-electron chi connectivity index (χ2n) is 4.00. The summed E-state index contributed by atoms with van der Waals surface area (Å²) in [5.41, 5.74) is 5.52. The minimum absolute atomic E-state index is 0.315. The average molecular weight is 220 g/mol. The molecule has 1 aromatic heterocycles. The number of nitrogens with one attached hydrogen (secondary N) is 1. The molecule has 1 unspecified atom stereocenters. The molecule has 1 saturated heterocycles. The van der Waals surface area contributed by atoms with Crippen LogP contribution in [0.1, 0.15) is 16.9 Å². The molecule has 3 N–H and O–H groups in total. The van der Waals surface area contributed by atoms with Crippen LogP contribution in [-0.4, -0.2) is 37.1 Å². The SMILES string of the molecule is CN(c1cccc(C(N)=O)n1)C1CCNC1. The third kappa shape index (κ3) is 2.14. The summed E-state index contributed by atoms with van der Waals surface area (Å²) in [7, 11) is 1.99. The van der Waals surface area contributed by atoms with E-state index in [4.69, 9.17) is 5.73 Å². The highest BCUT2D eigenvalue weighted by atomic mass is 16.1. The number of hydrogen-bond donors (Lipinski definition) is 2. The number of aromatic nitrogens is 1. The van der Waals surface area contributed by atoms with Gasteiger partial charge in [0.05, 0.1) is 0 Å². The highest BCUT2D eigenvalue weighted by Gasteiger charge is 2.20. The first-order chi connectivity index (χ1) is 7.68. The molecule has 2 rings (SSSR count). The molecule has 1 amide bonds. The van der Waals surface area contributed by atoms with Gasteiger partial charge < -0.3 is 16.0 Å². The topological polar surface area (TPSA) is 71.2 Å². The summed E-state index contributed by atoms with van der Waals surface area (Å²) in [4.78, 5) is 17.4. The van der Waals surface area contributed by atoms with Crippen molar-refractivity contribution < 1.29 is 4.79 Å². The summed E-state index contributed by atoms with van der Waals surface area (Å²) >= 11 is 0. The van der Waals surface area contributed by atoms with Crippen LogP contribution in [0.25, 0.3) is 0 Å². The highest BCUT2D eigenvalue weighted by molar-refractivity contribution is 5.91. The summed E-state index contributed by atoms with van der Waals surface area (Å²) in [6.07, 6.45) is 1.10. The number of pyridine rings is 1. The van der Waals surface area contributed by atoms with E-state index in [1.54, 1.807) is 12.1 Å². The van der Waals surface area contributed by atoms with Gasteiger partial charge in [0, 0.05) is 19.6 Å². The van der Waals surface area contributed by atoms with Crippen LogP contribution in [0.4, 0.5) is 5.82 Å². The van der Waals surface area contributed by atoms with Crippen LogP contribution in [0.3, 0.4) is 0 Å². The lowest BCUT2D eigenvalue weighted by Crippen LogP contribution is -2.34. The van der Waals surface area contributed by atoms with Crippen molar-refractivity contribution in [3.63, 3.8) is 0 Å². The lowest BCUT2D eigenvalue weighted by molar-refractivity contribution is 0.0995. The van der Waals surface area contributed by atoms with E-state index in [0.29, 0.717) is 11.7 Å². The van der Waals surface area contributed by atoms with Crippen LogP contribution in [0.15, 0.2) is 18.2 Å². The minimum atomic E-state index is -0.486. The number of carbonyl (C=O) groups is 1. The third-order valence-corrected chi connectivity index (χ3v) is 2.93. The van der Waals surface area contributed by atoms with Gasteiger partial charge in [-0.25, -0.2) is 4.98 Å². The molecule has 0 aliphatic carbocycles. The maximum Gasteiger partial charge on any atom is 0.267 e. The van der Waals surface area contributed by atoms with Crippen molar-refractivity contribution in [1.29, 1.82) is 0 Å². The summed E-state index contributed by atoms with van der Waals surface area (Å²) < 4.78 is 0. The predicted molar refractivity (Wildman–Crippen MR) is 62.4 cm³/mol. The quantitative estimate of drug-likeness (QED) is 0.751. The number of rotatable bonds is 3. The molecule has 0 spiro atoms. The fourth-order valence-corrected chi connectivity index (χ4v) is 1.91. The summed E-state index contributed by atoms with van der Waals surface area (Å²) in [5, 5.41) is 3.30. The number of amides is 1. The largest absolute Gasteiger partial charge is 0.364 e. The van der Waals surface area contributed by atoms with E-state index in [-0.39, 0.29) is 0 Å². The number of likely N-dealkylation sites (N-methyl/N-ethyl adjacent to an activating group) is 1. The molecule has 0 bridgehead atoms. The van der Waals surface area contributed by atoms with Gasteiger partial charge in [-0.15, -0.1) is 0 Å². The highest BCUT2D eigenvalue weighted by Crippen LogP contribution is 2.16. The number of carbonyl (C=O) groups excluding carboxylic acids is 1. The number of primary amides is 1. The van der Waals surface area contributed by atoms with Gasteiger partial charge in [0.25, 0.3) is 5.91 Å². The average Bonchev–Trinajstić information content (AvgIpc) is 2.81. The number of anilines is 1. The Morgan fingerprint density at radius 2 is 2.44 bits per heavy atom. The first-order valence-electron chi connectivity index (χ1n) is 5.39. The Kier molecular flexibility index (Phi) is 3.05. The predicted octanol–water partition coefficient (Wildman–Crippen LogP) is -0.0214. The smallest absolute Gasteiger partial charge is 0.267 e. The number of hydrogen-bond acceptors (Lipinski definition) is 4. The van der Waals surface area contributed by atoms with Gasteiger partial charge in [-0.1, -0.05) is 6.07 Å². The molecule has 86 valence electrons. The maximum absolute atomic E-state index is 11.0. The Labute approximate surface area is 94.6 Å². The summed E-state index contributed by atoms with van der Waals surface area (Å²) in [6, 6.07) is 5.77. The molecule has 1 aromatic rings. The van der Waals surface area contributed by atoms with E-state index in [1.807, 2.05) is 13.1 Å². The Balaban J connectivity index is 2.18. The molecule has 1 fully saturated rings. The van der Waals surface area contributed by atoms with Gasteiger partial charge in [-0.2, -0.15) is 0 Å². The van der Waals surface area contributed by atoms with E-state index in [9.17, 15) is 4.79 Å². The lowest BCUT2D eigenvalue weighted by atomic mass is 10.2. The molecule has 2 heterocycles. The second kappa shape index (κ2) is 4.49. The fraction of sp³-hybridized carbons (Fsp3) is 0.455. The van der Waals surface area contributed by atoms with Gasteiger partial charge in [0.15, 0.2) is 0 Å². The molecule has 1 atom stereocenters. The second-order valence-corrected chi connectivity index (χ2v) is 4.00. The Morgan fingerprint density at radius 3 is 3.06 bits per heavy atom. The molecule has 16 heavy (non-hydrogen) atoms. The number of nitrogens with zero attached hydrogens (tertiary/aromatic N) is 2. The van der Waals surface area contributed by atoms with Crippen molar-refractivity contribution in [3.8, 4) is 0 Å². The van der Waals surface area contributed by atoms with Crippen LogP contribution in [0.5, 0.6) is 0 Å². The van der Waals surface area contributed by atoms with Crippen LogP contribution >= 0.6 is 0 Å². The van der Waals surface area contributed by atoms with Crippen molar-refractivity contribution in [2.75, 3.05) is 25.0 Å². The first-order valence-corrected chi connectivity index (χ1v) is 5.39. The Morgan fingerprint density at radius 1 is 1.62 bits per heavy atom. The first kappa shape index (κ1) is 10.9. The zero-order valence-electron chi connectivity index (χ0n) is 9.31. The van der Waals surface area contributed by atoms with E-state index in [1.165, 1.54) is 0 Å². The van der Waals surface area contributed by atoms with Crippen molar-refractivity contribution in [2.24, 2.45) is 5.73 Å². The van der Waals surface area contributed by atoms with Crippen LogP contribution < -0.4 is 16.0 Å². The van der Waals surface area contributed by atoms with Crippen molar-refractivity contribution in [3.05, 3.63) is 23.9 Å². The van der Waals surface area contributed by atoms with Gasteiger partial charge in [-0.05, 0) is 25.1 Å². The molecular weight excluding hydrogens is 204 g/mol. The normalized spacial score (nSPS) is 19.7. The number of nitrogens with two attached hydrogens (primary N) is 1. The Bertz CT molecular complexity index is 387. The molecule has 0 radical (unpaired) electrons. The van der Waals surface area contributed by atoms with E-state index in [0.717, 1.165) is 25.3 Å². The van der Waals surface area contributed by atoms with Gasteiger partial charge in [0.2, 0.25) is 0 Å². The molecule has 0 aromatic carbocycles. The Hall–Kier alpha value is -1.62. The zero-order chi connectivity index (χ0) is 11.5. The molecule has 0 saturated carbocycles. The maximum atomic E-state index is 11.0. The monoisotopic (exact) mass is 220 g/mol. The molecule has 5 heteroatoms. The van der Waals surface area contributed by atoms with Crippen molar-refractivity contribution in [1.82, 2.24) is 10.3 Å². The van der Waals surface area contributed by atoms with Crippen LogP contribution in [0.2, 0.25) is 0 Å². The molecular formula is C11H16N4O. The van der Waals surface area contributed by atoms with Gasteiger partial charge >= 0.3 is 0 Å². The summed E-state index contributed by atoms with van der Waals surface area (Å²) in [5.74, 6) is 0.310. The van der Waals surface area contributed by atoms with E-state index < -0.39 is 5.91 Å². The molecule has 5 nitrogen and oxygen atoms in total. The van der Waals surface area contributed by atoms with Crippen molar-refractivity contribution >= 4 is 11.7 Å². The van der Waals surface area contributed by atoms with Gasteiger partial charge in [-0.3, -0.25) is 4.79 Å². The molecule has 1 aliphatic heterocycles. The van der Waals surface area contributed by atoms with Crippen molar-refractivity contribution in [2.45, 2.75) is 12.5 Å². The zero-order valence-corrected chi connectivity index (χ0v) is 9.31. The summed E-state index contributed by atoms with van der Waals surface area (Å²) in [6.45, 7) is 1.99. The standard InChI is InChI=1S/C11H16N4O/c1-15(8-5-6-13-7-8)10-4-2-3-9(14-10)11(12)16/h2-4,8,13H,5-7H2,1H3,(H2,12,16). The fourth-order valence-electron chi connectivity index (χ4n) is 1.91. The van der Waals surface area contributed by atoms with Crippen LogP contribution in [-0.2, 0) is 0 Å². The lowest BCUT2D eigenvalue weighted by Gasteiger charge is -2.24. The van der Waals surface area contributed by atoms with E-state index >= 15 is 0 Å².